The predicted molar refractivity (Wildman–Crippen MR) is 84.4 cm³/mol. The molecule has 0 spiro atoms. The molecule has 0 saturated carbocycles. The smallest absolute Gasteiger partial charge is 0.414 e. The van der Waals surface area contributed by atoms with Gasteiger partial charge in [-0.1, -0.05) is 0 Å². The van der Waals surface area contributed by atoms with Crippen LogP contribution < -0.4 is 10.5 Å². The molecule has 3 heterocycles. The van der Waals surface area contributed by atoms with Gasteiger partial charge in [0.1, 0.15) is 17.1 Å². The third kappa shape index (κ3) is 2.06. The summed E-state index contributed by atoms with van der Waals surface area (Å²) in [7, 11) is 0. The fourth-order valence-corrected chi connectivity index (χ4v) is 3.16. The van der Waals surface area contributed by atoms with E-state index in [1.165, 1.54) is 11.3 Å². The second kappa shape index (κ2) is 4.96. The summed E-state index contributed by atoms with van der Waals surface area (Å²) in [5.41, 5.74) is 2.12. The Morgan fingerprint density at radius 1 is 1.18 bits per heavy atom. The lowest BCUT2D eigenvalue weighted by atomic mass is 10.2. The van der Waals surface area contributed by atoms with E-state index in [4.69, 9.17) is 4.74 Å². The number of aromatic amines is 1. The van der Waals surface area contributed by atoms with Crippen molar-refractivity contribution in [3.05, 3.63) is 46.1 Å². The summed E-state index contributed by atoms with van der Waals surface area (Å²) in [6.45, 7) is 0.957. The Hall–Kier alpha value is -2.67. The van der Waals surface area contributed by atoms with Gasteiger partial charge < -0.3 is 9.72 Å². The first-order valence-corrected chi connectivity index (χ1v) is 7.62. The number of H-pyrrole nitrogens is 1. The zero-order chi connectivity index (χ0) is 15.1. The highest BCUT2D eigenvalue weighted by atomic mass is 32.1. The second-order valence-electron chi connectivity index (χ2n) is 4.86. The molecule has 0 aliphatic carbocycles. The van der Waals surface area contributed by atoms with Gasteiger partial charge in [-0.3, -0.25) is 9.69 Å². The largest absolute Gasteiger partial charge is 0.447 e. The molecule has 1 amide bonds. The quantitative estimate of drug-likeness (QED) is 0.789. The van der Waals surface area contributed by atoms with Crippen LogP contribution in [0.3, 0.4) is 0 Å². The summed E-state index contributed by atoms with van der Waals surface area (Å²) in [5, 5.41) is 1.85. The number of nitrogens with zero attached hydrogens (tertiary/aromatic N) is 2. The summed E-state index contributed by atoms with van der Waals surface area (Å²) in [6, 6.07) is 9.13. The van der Waals surface area contributed by atoms with Crippen molar-refractivity contribution in [2.24, 2.45) is 0 Å². The minimum atomic E-state index is -0.334. The van der Waals surface area contributed by atoms with Crippen LogP contribution in [-0.4, -0.2) is 29.2 Å². The number of thiophene rings is 1. The van der Waals surface area contributed by atoms with E-state index >= 15 is 0 Å². The third-order valence-electron chi connectivity index (χ3n) is 3.53. The number of fused-ring (bicyclic) bond motifs is 1. The van der Waals surface area contributed by atoms with E-state index in [0.29, 0.717) is 29.2 Å². The zero-order valence-corrected chi connectivity index (χ0v) is 12.2. The fourth-order valence-electron chi connectivity index (χ4n) is 2.44. The van der Waals surface area contributed by atoms with Crippen molar-refractivity contribution in [3.8, 4) is 11.4 Å². The molecular formula is C15H11N3O3S. The number of nitrogens with one attached hydrogen (secondary N) is 1. The lowest BCUT2D eigenvalue weighted by Crippen LogP contribution is -2.23. The number of anilines is 1. The number of hydrogen-bond acceptors (Lipinski definition) is 5. The Balaban J connectivity index is 1.72. The van der Waals surface area contributed by atoms with E-state index in [-0.39, 0.29) is 11.7 Å². The maximum Gasteiger partial charge on any atom is 0.414 e. The summed E-state index contributed by atoms with van der Waals surface area (Å²) >= 11 is 1.37. The lowest BCUT2D eigenvalue weighted by Gasteiger charge is -2.12. The van der Waals surface area contributed by atoms with Crippen LogP contribution in [-0.2, 0) is 4.74 Å². The molecule has 0 atom stereocenters. The topological polar surface area (TPSA) is 75.3 Å². The van der Waals surface area contributed by atoms with Crippen LogP contribution in [0.1, 0.15) is 0 Å². The third-order valence-corrected chi connectivity index (χ3v) is 4.43. The lowest BCUT2D eigenvalue weighted by molar-refractivity contribution is 0.181. The van der Waals surface area contributed by atoms with Crippen molar-refractivity contribution in [1.82, 2.24) is 9.97 Å². The van der Waals surface area contributed by atoms with Crippen molar-refractivity contribution < 1.29 is 9.53 Å². The molecule has 0 bridgehead atoms. The number of hydrogen-bond donors (Lipinski definition) is 1. The molecule has 6 nitrogen and oxygen atoms in total. The Morgan fingerprint density at radius 3 is 2.73 bits per heavy atom. The van der Waals surface area contributed by atoms with Crippen LogP contribution in [0.15, 0.2) is 40.5 Å². The maximum atomic E-state index is 12.0. The van der Waals surface area contributed by atoms with Crippen LogP contribution in [0.25, 0.3) is 21.6 Å². The Kier molecular flexibility index (Phi) is 2.93. The normalized spacial score (nSPS) is 14.5. The van der Waals surface area contributed by atoms with Crippen LogP contribution >= 0.6 is 11.3 Å². The number of aromatic nitrogens is 2. The van der Waals surface area contributed by atoms with E-state index in [2.05, 4.69) is 9.97 Å². The van der Waals surface area contributed by atoms with Gasteiger partial charge in [0.2, 0.25) is 0 Å². The number of rotatable bonds is 2. The molecule has 1 N–H and O–H groups in total. The molecule has 7 heteroatoms. The van der Waals surface area contributed by atoms with Crippen LogP contribution in [0, 0.1) is 0 Å². The number of carbonyl (C=O) groups excluding carboxylic acids is 1. The molecule has 22 heavy (non-hydrogen) atoms. The van der Waals surface area contributed by atoms with Crippen LogP contribution in [0.4, 0.5) is 10.5 Å². The molecular weight excluding hydrogens is 302 g/mol. The number of amides is 1. The minimum Gasteiger partial charge on any atom is -0.447 e. The molecule has 2 aromatic heterocycles. The van der Waals surface area contributed by atoms with Gasteiger partial charge in [-0.05, 0) is 35.7 Å². The fraction of sp³-hybridized carbons (Fsp3) is 0.133. The van der Waals surface area contributed by atoms with Gasteiger partial charge >= 0.3 is 6.09 Å². The highest BCUT2D eigenvalue weighted by molar-refractivity contribution is 7.17. The van der Waals surface area contributed by atoms with Gasteiger partial charge in [0.05, 0.1) is 12.1 Å². The molecule has 3 aromatic rings. The van der Waals surface area contributed by atoms with Crippen LogP contribution in [0.2, 0.25) is 0 Å². The number of benzene rings is 1. The summed E-state index contributed by atoms with van der Waals surface area (Å²) in [6.07, 6.45) is -0.334. The second-order valence-corrected chi connectivity index (χ2v) is 5.78. The molecule has 1 aliphatic rings. The van der Waals surface area contributed by atoms with Crippen molar-refractivity contribution in [3.63, 3.8) is 0 Å². The monoisotopic (exact) mass is 313 g/mol. The first kappa shape index (κ1) is 13.0. The van der Waals surface area contributed by atoms with Gasteiger partial charge in [-0.25, -0.2) is 9.78 Å². The standard InChI is InChI=1S/C15H11N3O3S/c19-14-12-11(5-8-22-12)16-13(17-14)9-1-3-10(4-2-9)18-6-7-21-15(18)20/h1-5,8H,6-7H2,(H,16,17,19). The van der Waals surface area contributed by atoms with Gasteiger partial charge in [0.15, 0.2) is 0 Å². The van der Waals surface area contributed by atoms with E-state index in [9.17, 15) is 9.59 Å². The van der Waals surface area contributed by atoms with Crippen molar-refractivity contribution in [2.75, 3.05) is 18.1 Å². The van der Waals surface area contributed by atoms with E-state index in [1.807, 2.05) is 35.7 Å². The Bertz CT molecular complexity index is 914. The van der Waals surface area contributed by atoms with Gasteiger partial charge in [0.25, 0.3) is 5.56 Å². The SMILES string of the molecule is O=C1OCCN1c1ccc(-c2nc3ccsc3c(=O)[nH]2)cc1. The highest BCUT2D eigenvalue weighted by Gasteiger charge is 2.23. The average Bonchev–Trinajstić information content (AvgIpc) is 3.16. The first-order chi connectivity index (χ1) is 10.7. The highest BCUT2D eigenvalue weighted by Crippen LogP contribution is 2.24. The molecule has 110 valence electrons. The molecule has 1 aliphatic heterocycles. The number of carbonyl (C=O) groups is 1. The zero-order valence-electron chi connectivity index (χ0n) is 11.4. The molecule has 1 aromatic carbocycles. The van der Waals surface area contributed by atoms with Gasteiger partial charge in [-0.2, -0.15) is 0 Å². The summed E-state index contributed by atoms with van der Waals surface area (Å²) < 4.78 is 5.54. The minimum absolute atomic E-state index is 0.137. The average molecular weight is 313 g/mol. The van der Waals surface area contributed by atoms with E-state index in [0.717, 1.165) is 11.3 Å². The van der Waals surface area contributed by atoms with E-state index < -0.39 is 0 Å². The molecule has 0 unspecified atom stereocenters. The number of cyclic esters (lactones) is 1. The molecule has 1 saturated heterocycles. The van der Waals surface area contributed by atoms with Crippen molar-refractivity contribution >= 4 is 33.3 Å². The Morgan fingerprint density at radius 2 is 2.00 bits per heavy atom. The molecule has 0 radical (unpaired) electrons. The maximum absolute atomic E-state index is 12.0. The van der Waals surface area contributed by atoms with Crippen molar-refractivity contribution in [2.45, 2.75) is 0 Å². The predicted octanol–water partition coefficient (Wildman–Crippen LogP) is 2.61. The molecule has 1 fully saturated rings. The molecule has 4 rings (SSSR count). The van der Waals surface area contributed by atoms with E-state index in [1.54, 1.807) is 4.90 Å². The number of ether oxygens (including phenoxy) is 1. The van der Waals surface area contributed by atoms with Crippen molar-refractivity contribution in [1.29, 1.82) is 0 Å². The first-order valence-electron chi connectivity index (χ1n) is 6.74. The summed E-state index contributed by atoms with van der Waals surface area (Å²) in [5.74, 6) is 0.520. The van der Waals surface area contributed by atoms with Crippen LogP contribution in [0.5, 0.6) is 0 Å². The summed E-state index contributed by atoms with van der Waals surface area (Å²) in [4.78, 5) is 32.4. The van der Waals surface area contributed by atoms with Gasteiger partial charge in [0, 0.05) is 11.3 Å². The Labute approximate surface area is 129 Å². The van der Waals surface area contributed by atoms with Gasteiger partial charge in [-0.15, -0.1) is 11.3 Å².